The lowest BCUT2D eigenvalue weighted by molar-refractivity contribution is 0.309. The van der Waals surface area contributed by atoms with Gasteiger partial charge in [-0.2, -0.15) is 0 Å². The Morgan fingerprint density at radius 1 is 1.11 bits per heavy atom. The number of ether oxygens (including phenoxy) is 1. The van der Waals surface area contributed by atoms with E-state index >= 15 is 0 Å². The molecule has 0 fully saturated rings. The van der Waals surface area contributed by atoms with Crippen LogP contribution < -0.4 is 4.74 Å². The van der Waals surface area contributed by atoms with Crippen LogP contribution in [0.2, 0.25) is 0 Å². The van der Waals surface area contributed by atoms with Gasteiger partial charge in [-0.15, -0.1) is 0 Å². The Balaban J connectivity index is 0.000000492. The van der Waals surface area contributed by atoms with Crippen molar-refractivity contribution in [3.05, 3.63) is 48.4 Å². The molecule has 1 heterocycles. The van der Waals surface area contributed by atoms with E-state index in [4.69, 9.17) is 9.26 Å². The van der Waals surface area contributed by atoms with Crippen LogP contribution in [0, 0.1) is 0 Å². The fourth-order valence-corrected chi connectivity index (χ4v) is 1.33. The molecular formula is C15H21NO2. The van der Waals surface area contributed by atoms with E-state index in [1.165, 1.54) is 6.42 Å². The first-order valence-electron chi connectivity index (χ1n) is 6.44. The minimum absolute atomic E-state index is 0.705. The summed E-state index contributed by atoms with van der Waals surface area (Å²) in [5.74, 6) is 0.914. The van der Waals surface area contributed by atoms with Gasteiger partial charge in [0.25, 0.3) is 0 Å². The molecule has 0 atom stereocenters. The molecule has 0 aliphatic carbocycles. The lowest BCUT2D eigenvalue weighted by Gasteiger charge is -2.04. The van der Waals surface area contributed by atoms with Crippen molar-refractivity contribution >= 4 is 0 Å². The number of rotatable bonds is 5. The van der Waals surface area contributed by atoms with Gasteiger partial charge in [0.1, 0.15) is 12.0 Å². The number of para-hydroxylation sites is 1. The molecule has 3 nitrogen and oxygen atoms in total. The molecular weight excluding hydrogens is 226 g/mol. The van der Waals surface area contributed by atoms with E-state index in [1.54, 1.807) is 6.26 Å². The number of hydrogen-bond donors (Lipinski definition) is 0. The zero-order valence-corrected chi connectivity index (χ0v) is 11.1. The normalized spacial score (nSPS) is 9.44. The highest BCUT2D eigenvalue weighted by molar-refractivity contribution is 5.20. The van der Waals surface area contributed by atoms with Crippen LogP contribution >= 0.6 is 0 Å². The predicted octanol–water partition coefficient (Wildman–Crippen LogP) is 4.10. The summed E-state index contributed by atoms with van der Waals surface area (Å²) in [6.07, 6.45) is 4.68. The molecule has 0 aliphatic heterocycles. The molecule has 0 saturated heterocycles. The Morgan fingerprint density at radius 3 is 2.44 bits per heavy atom. The number of nitrogens with zero attached hydrogens (tertiary/aromatic N) is 1. The van der Waals surface area contributed by atoms with Crippen molar-refractivity contribution < 1.29 is 9.26 Å². The topological polar surface area (TPSA) is 35.3 Å². The third-order valence-electron chi connectivity index (χ3n) is 2.08. The van der Waals surface area contributed by atoms with Crippen molar-refractivity contribution in [1.29, 1.82) is 0 Å². The molecule has 0 aliphatic rings. The van der Waals surface area contributed by atoms with Gasteiger partial charge >= 0.3 is 0 Å². The van der Waals surface area contributed by atoms with E-state index in [0.717, 1.165) is 24.3 Å². The van der Waals surface area contributed by atoms with Gasteiger partial charge in [-0.1, -0.05) is 43.6 Å². The largest absolute Gasteiger partial charge is 0.494 e. The molecule has 98 valence electrons. The second-order valence-corrected chi connectivity index (χ2v) is 3.96. The molecule has 0 bridgehead atoms. The van der Waals surface area contributed by atoms with E-state index < -0.39 is 0 Å². The van der Waals surface area contributed by atoms with Crippen molar-refractivity contribution in [2.75, 3.05) is 6.61 Å². The Morgan fingerprint density at radius 2 is 1.83 bits per heavy atom. The molecule has 0 spiro atoms. The van der Waals surface area contributed by atoms with Crippen LogP contribution in [0.5, 0.6) is 5.75 Å². The maximum atomic E-state index is 5.55. The first kappa shape index (κ1) is 14.3. The summed E-state index contributed by atoms with van der Waals surface area (Å²) in [6.45, 7) is 4.96. The molecule has 18 heavy (non-hydrogen) atoms. The second kappa shape index (κ2) is 9.28. The van der Waals surface area contributed by atoms with Gasteiger partial charge in [-0.3, -0.25) is 0 Å². The first-order valence-corrected chi connectivity index (χ1v) is 6.44. The van der Waals surface area contributed by atoms with Crippen molar-refractivity contribution in [1.82, 2.24) is 5.16 Å². The first-order chi connectivity index (χ1) is 8.86. The van der Waals surface area contributed by atoms with E-state index in [0.29, 0.717) is 6.61 Å². The van der Waals surface area contributed by atoms with Crippen LogP contribution in [-0.4, -0.2) is 11.8 Å². The van der Waals surface area contributed by atoms with E-state index in [2.05, 4.69) is 19.0 Å². The number of benzene rings is 1. The zero-order chi connectivity index (χ0) is 13.1. The van der Waals surface area contributed by atoms with Crippen LogP contribution in [0.3, 0.4) is 0 Å². The van der Waals surface area contributed by atoms with Crippen LogP contribution in [0.15, 0.2) is 47.2 Å². The Hall–Kier alpha value is -1.77. The van der Waals surface area contributed by atoms with Crippen LogP contribution in [0.25, 0.3) is 0 Å². The highest BCUT2D eigenvalue weighted by Gasteiger charge is 1.96. The van der Waals surface area contributed by atoms with Crippen molar-refractivity contribution in [2.24, 2.45) is 0 Å². The lowest BCUT2D eigenvalue weighted by atomic mass is 10.2. The molecule has 0 unspecified atom stereocenters. The molecule has 2 rings (SSSR count). The Labute approximate surface area is 109 Å². The van der Waals surface area contributed by atoms with Gasteiger partial charge in [0.05, 0.1) is 12.3 Å². The molecule has 1 aromatic carbocycles. The van der Waals surface area contributed by atoms with Crippen LogP contribution in [0.1, 0.15) is 32.4 Å². The average Bonchev–Trinajstić information content (AvgIpc) is 2.90. The fraction of sp³-hybridized carbons (Fsp3) is 0.400. The fourth-order valence-electron chi connectivity index (χ4n) is 1.33. The summed E-state index contributed by atoms with van der Waals surface area (Å²) in [5, 5.41) is 3.83. The maximum absolute atomic E-state index is 5.55. The highest BCUT2D eigenvalue weighted by atomic mass is 16.5. The summed E-state index contributed by atoms with van der Waals surface area (Å²) in [4.78, 5) is 0. The summed E-state index contributed by atoms with van der Waals surface area (Å²) in [6, 6.07) is 11.7. The SMILES string of the molecule is CCC.c1ccc(OCCCc2ccon2)cc1. The van der Waals surface area contributed by atoms with Gasteiger partial charge in [-0.25, -0.2) is 0 Å². The molecule has 0 N–H and O–H groups in total. The average molecular weight is 247 g/mol. The van der Waals surface area contributed by atoms with Crippen LogP contribution in [0.4, 0.5) is 0 Å². The quantitative estimate of drug-likeness (QED) is 0.746. The van der Waals surface area contributed by atoms with Crippen molar-refractivity contribution in [3.63, 3.8) is 0 Å². The highest BCUT2D eigenvalue weighted by Crippen LogP contribution is 2.09. The van der Waals surface area contributed by atoms with E-state index in [9.17, 15) is 0 Å². The van der Waals surface area contributed by atoms with Crippen molar-refractivity contribution in [3.8, 4) is 5.75 Å². The van der Waals surface area contributed by atoms with Crippen molar-refractivity contribution in [2.45, 2.75) is 33.1 Å². The maximum Gasteiger partial charge on any atom is 0.124 e. The number of aromatic nitrogens is 1. The predicted molar refractivity (Wildman–Crippen MR) is 72.7 cm³/mol. The number of aryl methyl sites for hydroxylation is 1. The van der Waals surface area contributed by atoms with E-state index in [1.807, 2.05) is 36.4 Å². The molecule has 3 heteroatoms. The van der Waals surface area contributed by atoms with Gasteiger partial charge in [0.2, 0.25) is 0 Å². The van der Waals surface area contributed by atoms with Crippen LogP contribution in [-0.2, 0) is 6.42 Å². The van der Waals surface area contributed by atoms with E-state index in [-0.39, 0.29) is 0 Å². The second-order valence-electron chi connectivity index (χ2n) is 3.96. The number of hydrogen-bond acceptors (Lipinski definition) is 3. The summed E-state index contributed by atoms with van der Waals surface area (Å²) in [5.41, 5.74) is 0.978. The summed E-state index contributed by atoms with van der Waals surface area (Å²) >= 11 is 0. The zero-order valence-electron chi connectivity index (χ0n) is 11.1. The minimum Gasteiger partial charge on any atom is -0.494 e. The van der Waals surface area contributed by atoms with Gasteiger partial charge < -0.3 is 9.26 Å². The molecule has 1 aromatic heterocycles. The van der Waals surface area contributed by atoms with Gasteiger partial charge in [-0.05, 0) is 25.0 Å². The molecule has 0 saturated carbocycles. The molecule has 0 amide bonds. The Bertz CT molecular complexity index is 384. The third-order valence-corrected chi connectivity index (χ3v) is 2.08. The molecule has 2 aromatic rings. The lowest BCUT2D eigenvalue weighted by Crippen LogP contribution is -1.99. The van der Waals surface area contributed by atoms with Gasteiger partial charge in [0, 0.05) is 6.07 Å². The Kier molecular flexibility index (Phi) is 7.37. The monoisotopic (exact) mass is 247 g/mol. The summed E-state index contributed by atoms with van der Waals surface area (Å²) < 4.78 is 10.3. The third kappa shape index (κ3) is 6.09. The standard InChI is InChI=1S/C12H13NO2.C3H8/c1-2-6-12(7-3-1)14-9-4-5-11-8-10-15-13-11;1-3-2/h1-3,6-8,10H,4-5,9H2;3H2,1-2H3. The smallest absolute Gasteiger partial charge is 0.124 e. The van der Waals surface area contributed by atoms with Gasteiger partial charge in [0.15, 0.2) is 0 Å². The minimum atomic E-state index is 0.705. The molecule has 0 radical (unpaired) electrons. The summed E-state index contributed by atoms with van der Waals surface area (Å²) in [7, 11) is 0.